The number of hydrogen-bond acceptors (Lipinski definition) is 3. The highest BCUT2D eigenvalue weighted by Gasteiger charge is 2.35. The first kappa shape index (κ1) is 14.4. The van der Waals surface area contributed by atoms with E-state index in [1.807, 2.05) is 0 Å². The molecule has 0 bridgehead atoms. The molecular formula is C11H5ClF5N3. The quantitative estimate of drug-likeness (QED) is 0.668. The number of nitrogens with one attached hydrogen (secondary N) is 1. The predicted molar refractivity (Wildman–Crippen MR) is 61.7 cm³/mol. The van der Waals surface area contributed by atoms with Crippen molar-refractivity contribution >= 4 is 23.1 Å². The molecule has 0 aliphatic heterocycles. The van der Waals surface area contributed by atoms with Crippen molar-refractivity contribution in [2.75, 3.05) is 5.32 Å². The van der Waals surface area contributed by atoms with Crippen molar-refractivity contribution in [3.63, 3.8) is 0 Å². The Morgan fingerprint density at radius 2 is 1.75 bits per heavy atom. The molecule has 1 aromatic carbocycles. The number of hydrogen-bond donors (Lipinski definition) is 1. The van der Waals surface area contributed by atoms with E-state index >= 15 is 0 Å². The zero-order chi connectivity index (χ0) is 14.9. The minimum absolute atomic E-state index is 0.241. The summed E-state index contributed by atoms with van der Waals surface area (Å²) in [5, 5.41) is 1.81. The van der Waals surface area contributed by atoms with E-state index in [-0.39, 0.29) is 11.5 Å². The summed E-state index contributed by atoms with van der Waals surface area (Å²) in [6.07, 6.45) is -4.79. The van der Waals surface area contributed by atoms with Gasteiger partial charge in [-0.25, -0.2) is 18.7 Å². The fourth-order valence-electron chi connectivity index (χ4n) is 1.34. The maximum Gasteiger partial charge on any atom is 0.451 e. The Morgan fingerprint density at radius 3 is 2.35 bits per heavy atom. The summed E-state index contributed by atoms with van der Waals surface area (Å²) in [7, 11) is 0. The summed E-state index contributed by atoms with van der Waals surface area (Å²) < 4.78 is 63.5. The van der Waals surface area contributed by atoms with Crippen LogP contribution in [-0.4, -0.2) is 9.97 Å². The van der Waals surface area contributed by atoms with Gasteiger partial charge in [0.15, 0.2) is 0 Å². The Morgan fingerprint density at radius 1 is 1.05 bits per heavy atom. The third-order valence-electron chi connectivity index (χ3n) is 2.14. The van der Waals surface area contributed by atoms with Gasteiger partial charge in [0.05, 0.1) is 5.69 Å². The molecule has 1 heterocycles. The lowest BCUT2D eigenvalue weighted by Crippen LogP contribution is -2.12. The molecule has 0 atom stereocenters. The highest BCUT2D eigenvalue weighted by atomic mass is 35.5. The zero-order valence-corrected chi connectivity index (χ0v) is 10.2. The average molecular weight is 310 g/mol. The van der Waals surface area contributed by atoms with Gasteiger partial charge in [0.1, 0.15) is 22.6 Å². The molecular weight excluding hydrogens is 305 g/mol. The highest BCUT2D eigenvalue weighted by molar-refractivity contribution is 6.29. The molecule has 1 N–H and O–H groups in total. The second-order valence-electron chi connectivity index (χ2n) is 3.65. The molecule has 0 radical (unpaired) electrons. The van der Waals surface area contributed by atoms with E-state index in [1.54, 1.807) is 0 Å². The van der Waals surface area contributed by atoms with Gasteiger partial charge in [0.2, 0.25) is 5.82 Å². The van der Waals surface area contributed by atoms with Crippen LogP contribution in [0, 0.1) is 11.6 Å². The van der Waals surface area contributed by atoms with E-state index in [4.69, 9.17) is 11.6 Å². The van der Waals surface area contributed by atoms with Gasteiger partial charge < -0.3 is 5.32 Å². The molecule has 106 valence electrons. The molecule has 0 aliphatic carbocycles. The van der Waals surface area contributed by atoms with E-state index < -0.39 is 28.8 Å². The zero-order valence-electron chi connectivity index (χ0n) is 9.47. The van der Waals surface area contributed by atoms with Crippen molar-refractivity contribution in [1.82, 2.24) is 9.97 Å². The first-order valence-corrected chi connectivity index (χ1v) is 5.47. The Kier molecular flexibility index (Phi) is 3.76. The number of aromatic nitrogens is 2. The molecule has 2 aromatic rings. The van der Waals surface area contributed by atoms with Crippen molar-refractivity contribution in [2.45, 2.75) is 6.18 Å². The average Bonchev–Trinajstić information content (AvgIpc) is 2.31. The molecule has 0 saturated heterocycles. The smallest absolute Gasteiger partial charge is 0.338 e. The fourth-order valence-corrected chi connectivity index (χ4v) is 1.52. The van der Waals surface area contributed by atoms with Crippen LogP contribution in [0.3, 0.4) is 0 Å². The van der Waals surface area contributed by atoms with Gasteiger partial charge in [-0.05, 0) is 12.1 Å². The predicted octanol–water partition coefficient (Wildman–Crippen LogP) is 4.17. The number of anilines is 2. The van der Waals surface area contributed by atoms with Gasteiger partial charge >= 0.3 is 6.18 Å². The normalized spacial score (nSPS) is 11.5. The summed E-state index contributed by atoms with van der Waals surface area (Å²) in [4.78, 5) is 6.19. The van der Waals surface area contributed by atoms with Crippen LogP contribution in [0.2, 0.25) is 5.15 Å². The molecule has 0 spiro atoms. The van der Waals surface area contributed by atoms with E-state index in [2.05, 4.69) is 15.3 Å². The van der Waals surface area contributed by atoms with Crippen LogP contribution in [0.4, 0.5) is 33.5 Å². The number of benzene rings is 1. The summed E-state index contributed by atoms with van der Waals surface area (Å²) >= 11 is 5.44. The largest absolute Gasteiger partial charge is 0.451 e. The number of halogens is 6. The topological polar surface area (TPSA) is 37.8 Å². The van der Waals surface area contributed by atoms with E-state index in [0.717, 1.165) is 18.2 Å². The molecule has 0 aliphatic rings. The molecule has 0 unspecified atom stereocenters. The number of nitrogens with zero attached hydrogens (tertiary/aromatic N) is 2. The van der Waals surface area contributed by atoms with Crippen molar-refractivity contribution in [2.24, 2.45) is 0 Å². The molecule has 0 saturated carbocycles. The van der Waals surface area contributed by atoms with Crippen molar-refractivity contribution in [3.05, 3.63) is 46.9 Å². The van der Waals surface area contributed by atoms with Crippen LogP contribution in [0.5, 0.6) is 0 Å². The van der Waals surface area contributed by atoms with Gasteiger partial charge in [-0.2, -0.15) is 13.2 Å². The summed E-state index contributed by atoms with van der Waals surface area (Å²) in [6.45, 7) is 0. The second-order valence-corrected chi connectivity index (χ2v) is 4.03. The molecule has 1 aromatic heterocycles. The summed E-state index contributed by atoms with van der Waals surface area (Å²) in [6, 6.07) is 3.53. The van der Waals surface area contributed by atoms with Crippen LogP contribution in [0.15, 0.2) is 24.3 Å². The first-order valence-electron chi connectivity index (χ1n) is 5.09. The number of rotatable bonds is 2. The van der Waals surface area contributed by atoms with Crippen molar-refractivity contribution in [1.29, 1.82) is 0 Å². The van der Waals surface area contributed by atoms with E-state index in [0.29, 0.717) is 6.07 Å². The van der Waals surface area contributed by atoms with E-state index in [1.165, 1.54) is 0 Å². The Labute approximate surface area is 114 Å². The molecule has 20 heavy (non-hydrogen) atoms. The summed E-state index contributed by atoms with van der Waals surface area (Å²) in [5.41, 5.74) is -0.241. The Hall–Kier alpha value is -1.96. The monoisotopic (exact) mass is 309 g/mol. The second kappa shape index (κ2) is 5.20. The van der Waals surface area contributed by atoms with Gasteiger partial charge in [0, 0.05) is 12.1 Å². The molecule has 9 heteroatoms. The number of alkyl halides is 3. The van der Waals surface area contributed by atoms with Gasteiger partial charge in [0.25, 0.3) is 0 Å². The fraction of sp³-hybridized carbons (Fsp3) is 0.0909. The van der Waals surface area contributed by atoms with Crippen molar-refractivity contribution < 1.29 is 22.0 Å². The lowest BCUT2D eigenvalue weighted by molar-refractivity contribution is -0.144. The summed E-state index contributed by atoms with van der Waals surface area (Å²) in [5.74, 6) is -3.61. The molecule has 0 amide bonds. The lowest BCUT2D eigenvalue weighted by Gasteiger charge is -2.10. The maximum atomic E-state index is 13.4. The molecule has 0 fully saturated rings. The first-order chi connectivity index (χ1) is 9.25. The van der Waals surface area contributed by atoms with Crippen LogP contribution in [-0.2, 0) is 6.18 Å². The Balaban J connectivity index is 2.36. The van der Waals surface area contributed by atoms with Gasteiger partial charge in [-0.15, -0.1) is 0 Å². The van der Waals surface area contributed by atoms with Crippen LogP contribution >= 0.6 is 11.6 Å². The lowest BCUT2D eigenvalue weighted by atomic mass is 10.3. The Bertz CT molecular complexity index is 644. The minimum atomic E-state index is -4.79. The third-order valence-corrected chi connectivity index (χ3v) is 2.34. The van der Waals surface area contributed by atoms with Crippen LogP contribution < -0.4 is 5.32 Å². The van der Waals surface area contributed by atoms with Gasteiger partial charge in [-0.3, -0.25) is 0 Å². The van der Waals surface area contributed by atoms with Crippen LogP contribution in [0.25, 0.3) is 0 Å². The van der Waals surface area contributed by atoms with E-state index in [9.17, 15) is 22.0 Å². The maximum absolute atomic E-state index is 13.4. The van der Waals surface area contributed by atoms with Crippen molar-refractivity contribution in [3.8, 4) is 0 Å². The third kappa shape index (κ3) is 3.32. The SMILES string of the molecule is Fc1ccc(Nc2cc(Cl)nc(C(F)(F)F)n2)c(F)c1. The van der Waals surface area contributed by atoms with Gasteiger partial charge in [-0.1, -0.05) is 11.6 Å². The highest BCUT2D eigenvalue weighted by Crippen LogP contribution is 2.29. The molecule has 2 rings (SSSR count). The standard InChI is InChI=1S/C11H5ClF5N3/c12-8-4-9(20-10(19-8)11(15,16)17)18-7-2-1-5(13)3-6(7)14/h1-4H,(H,18,19,20). The van der Waals surface area contributed by atoms with Crippen LogP contribution in [0.1, 0.15) is 5.82 Å². The minimum Gasteiger partial charge on any atom is -0.338 e. The molecule has 3 nitrogen and oxygen atoms in total.